The first kappa shape index (κ1) is 14.2. The lowest BCUT2D eigenvalue weighted by Gasteiger charge is -2.06. The standard InChI is InChI=1S/C10H9BrF2O3S/c11-7-1-2-8(12)6(10(7)13)5-17(16)4-3-9(14)15/h1-2H,3-5H2,(H,14,15). The van der Waals surface area contributed by atoms with Crippen LogP contribution in [0, 0.1) is 11.6 Å². The molecule has 0 saturated carbocycles. The summed E-state index contributed by atoms with van der Waals surface area (Å²) < 4.78 is 38.3. The second kappa shape index (κ2) is 6.20. The highest BCUT2D eigenvalue weighted by molar-refractivity contribution is 9.10. The van der Waals surface area contributed by atoms with Crippen molar-refractivity contribution in [1.82, 2.24) is 0 Å². The Hall–Kier alpha value is -0.820. The molecule has 1 unspecified atom stereocenters. The van der Waals surface area contributed by atoms with Gasteiger partial charge in [0.1, 0.15) is 11.6 Å². The van der Waals surface area contributed by atoms with E-state index in [1.54, 1.807) is 0 Å². The molecule has 0 radical (unpaired) electrons. The van der Waals surface area contributed by atoms with Gasteiger partial charge in [-0.15, -0.1) is 0 Å². The second-order valence-electron chi connectivity index (χ2n) is 3.25. The first-order valence-corrected chi connectivity index (χ1v) is 6.89. The summed E-state index contributed by atoms with van der Waals surface area (Å²) in [4.78, 5) is 10.3. The number of carbonyl (C=O) groups is 1. The molecule has 1 rings (SSSR count). The van der Waals surface area contributed by atoms with Crippen molar-refractivity contribution in [3.05, 3.63) is 33.8 Å². The molecule has 0 saturated heterocycles. The Morgan fingerprint density at radius 2 is 2.06 bits per heavy atom. The Bertz CT molecular complexity index is 465. The minimum Gasteiger partial charge on any atom is -0.481 e. The highest BCUT2D eigenvalue weighted by atomic mass is 79.9. The lowest BCUT2D eigenvalue weighted by molar-refractivity contribution is -0.136. The Morgan fingerprint density at radius 1 is 1.41 bits per heavy atom. The number of carboxylic acid groups (broad SMARTS) is 1. The van der Waals surface area contributed by atoms with Crippen LogP contribution in [-0.2, 0) is 21.3 Å². The van der Waals surface area contributed by atoms with Gasteiger partial charge >= 0.3 is 5.97 Å². The van der Waals surface area contributed by atoms with Gasteiger partial charge in [0.25, 0.3) is 0 Å². The quantitative estimate of drug-likeness (QED) is 0.845. The van der Waals surface area contributed by atoms with Gasteiger partial charge in [-0.1, -0.05) is 0 Å². The van der Waals surface area contributed by atoms with Crippen LogP contribution in [0.5, 0.6) is 0 Å². The van der Waals surface area contributed by atoms with Gasteiger partial charge < -0.3 is 5.11 Å². The molecule has 7 heteroatoms. The minimum absolute atomic E-state index is 0.0872. The molecule has 0 spiro atoms. The number of hydrogen-bond donors (Lipinski definition) is 1. The molecule has 3 nitrogen and oxygen atoms in total. The van der Waals surface area contributed by atoms with E-state index < -0.39 is 28.4 Å². The van der Waals surface area contributed by atoms with E-state index in [1.165, 1.54) is 6.07 Å². The molecule has 0 aliphatic rings. The summed E-state index contributed by atoms with van der Waals surface area (Å²) in [5.74, 6) is -3.12. The molecule has 0 amide bonds. The monoisotopic (exact) mass is 326 g/mol. The van der Waals surface area contributed by atoms with Crippen LogP contribution in [0.1, 0.15) is 12.0 Å². The Labute approximate surface area is 107 Å². The zero-order chi connectivity index (χ0) is 13.0. The molecule has 94 valence electrons. The minimum atomic E-state index is -1.60. The van der Waals surface area contributed by atoms with Gasteiger partial charge in [0, 0.05) is 22.1 Å². The molecular weight excluding hydrogens is 318 g/mol. The molecule has 17 heavy (non-hydrogen) atoms. The first-order valence-electron chi connectivity index (χ1n) is 4.61. The van der Waals surface area contributed by atoms with Crippen molar-refractivity contribution >= 4 is 32.7 Å². The maximum atomic E-state index is 13.5. The van der Waals surface area contributed by atoms with E-state index in [9.17, 15) is 17.8 Å². The van der Waals surface area contributed by atoms with Crippen LogP contribution in [0.15, 0.2) is 16.6 Å². The topological polar surface area (TPSA) is 54.4 Å². The maximum Gasteiger partial charge on any atom is 0.304 e. The van der Waals surface area contributed by atoms with Crippen LogP contribution in [-0.4, -0.2) is 21.0 Å². The molecule has 1 aromatic carbocycles. The third-order valence-electron chi connectivity index (χ3n) is 1.99. The van der Waals surface area contributed by atoms with Crippen LogP contribution in [0.25, 0.3) is 0 Å². The van der Waals surface area contributed by atoms with Gasteiger partial charge in [-0.25, -0.2) is 8.78 Å². The highest BCUT2D eigenvalue weighted by Gasteiger charge is 2.15. The van der Waals surface area contributed by atoms with Crippen LogP contribution >= 0.6 is 15.9 Å². The van der Waals surface area contributed by atoms with E-state index in [2.05, 4.69) is 15.9 Å². The Balaban J connectivity index is 2.78. The zero-order valence-electron chi connectivity index (χ0n) is 8.58. The van der Waals surface area contributed by atoms with Gasteiger partial charge in [-0.2, -0.15) is 0 Å². The van der Waals surface area contributed by atoms with E-state index in [1.807, 2.05) is 0 Å². The normalized spacial score (nSPS) is 12.4. The van der Waals surface area contributed by atoms with Gasteiger partial charge in [-0.3, -0.25) is 9.00 Å². The van der Waals surface area contributed by atoms with E-state index in [0.29, 0.717) is 0 Å². The average molecular weight is 327 g/mol. The fourth-order valence-corrected chi connectivity index (χ4v) is 2.64. The summed E-state index contributed by atoms with van der Waals surface area (Å²) >= 11 is 2.90. The van der Waals surface area contributed by atoms with Crippen molar-refractivity contribution in [1.29, 1.82) is 0 Å². The fourth-order valence-electron chi connectivity index (χ4n) is 1.14. The smallest absolute Gasteiger partial charge is 0.304 e. The third-order valence-corrected chi connectivity index (χ3v) is 3.87. The number of halogens is 3. The molecule has 0 bridgehead atoms. The number of benzene rings is 1. The molecule has 0 aliphatic heterocycles. The maximum absolute atomic E-state index is 13.5. The summed E-state index contributed by atoms with van der Waals surface area (Å²) in [6.45, 7) is 0. The van der Waals surface area contributed by atoms with E-state index >= 15 is 0 Å². The van der Waals surface area contributed by atoms with Gasteiger partial charge in [0.05, 0.1) is 16.6 Å². The number of hydrogen-bond acceptors (Lipinski definition) is 2. The van der Waals surface area contributed by atoms with Crippen molar-refractivity contribution in [2.24, 2.45) is 0 Å². The van der Waals surface area contributed by atoms with Gasteiger partial charge in [-0.05, 0) is 28.1 Å². The van der Waals surface area contributed by atoms with Crippen molar-refractivity contribution in [2.45, 2.75) is 12.2 Å². The Kier molecular flexibility index (Phi) is 5.20. The van der Waals surface area contributed by atoms with Crippen LogP contribution < -0.4 is 0 Å². The third kappa shape index (κ3) is 4.16. The molecule has 1 aromatic rings. The summed E-state index contributed by atoms with van der Waals surface area (Å²) in [6, 6.07) is 2.28. The van der Waals surface area contributed by atoms with Crippen molar-refractivity contribution < 1.29 is 22.9 Å². The van der Waals surface area contributed by atoms with Crippen LogP contribution in [0.2, 0.25) is 0 Å². The van der Waals surface area contributed by atoms with Gasteiger partial charge in [0.2, 0.25) is 0 Å². The average Bonchev–Trinajstić information content (AvgIpc) is 2.27. The lowest BCUT2D eigenvalue weighted by atomic mass is 10.2. The molecule has 0 aliphatic carbocycles. The first-order chi connectivity index (χ1) is 7.91. The van der Waals surface area contributed by atoms with Crippen molar-refractivity contribution in [3.8, 4) is 0 Å². The van der Waals surface area contributed by atoms with Gasteiger partial charge in [0.15, 0.2) is 0 Å². The SMILES string of the molecule is O=C(O)CCS(=O)Cc1c(F)ccc(Br)c1F. The van der Waals surface area contributed by atoms with Crippen molar-refractivity contribution in [2.75, 3.05) is 5.75 Å². The number of rotatable bonds is 5. The molecule has 0 fully saturated rings. The van der Waals surface area contributed by atoms with E-state index in [0.717, 1.165) is 6.07 Å². The number of carboxylic acids is 1. The van der Waals surface area contributed by atoms with E-state index in [4.69, 9.17) is 5.11 Å². The largest absolute Gasteiger partial charge is 0.481 e. The summed E-state index contributed by atoms with van der Waals surface area (Å²) in [5.41, 5.74) is -0.289. The molecule has 0 heterocycles. The predicted molar refractivity (Wildman–Crippen MR) is 63.0 cm³/mol. The van der Waals surface area contributed by atoms with Crippen LogP contribution in [0.4, 0.5) is 8.78 Å². The summed E-state index contributed by atoms with van der Waals surface area (Å²) in [7, 11) is -1.60. The second-order valence-corrected chi connectivity index (χ2v) is 5.68. The number of aliphatic carboxylic acids is 1. The Morgan fingerprint density at radius 3 is 2.65 bits per heavy atom. The molecule has 0 aromatic heterocycles. The molecule has 1 N–H and O–H groups in total. The summed E-state index contributed by atoms with van der Waals surface area (Å²) in [5, 5.41) is 8.39. The zero-order valence-corrected chi connectivity index (χ0v) is 11.0. The van der Waals surface area contributed by atoms with Crippen molar-refractivity contribution in [3.63, 3.8) is 0 Å². The van der Waals surface area contributed by atoms with Crippen LogP contribution in [0.3, 0.4) is 0 Å². The summed E-state index contributed by atoms with van der Waals surface area (Å²) in [6.07, 6.45) is -0.288. The van der Waals surface area contributed by atoms with E-state index in [-0.39, 0.29) is 28.0 Å². The lowest BCUT2D eigenvalue weighted by Crippen LogP contribution is -2.09. The molecule has 1 atom stereocenters. The fraction of sp³-hybridized carbons (Fsp3) is 0.300. The molecular formula is C10H9BrF2O3S. The highest BCUT2D eigenvalue weighted by Crippen LogP contribution is 2.22. The predicted octanol–water partition coefficient (Wildman–Crippen LogP) is 2.45.